The van der Waals surface area contributed by atoms with Gasteiger partial charge in [0.25, 0.3) is 0 Å². The lowest BCUT2D eigenvalue weighted by atomic mass is 9.88. The molecule has 0 bridgehead atoms. The van der Waals surface area contributed by atoms with Crippen molar-refractivity contribution in [2.75, 3.05) is 13.2 Å². The molecule has 0 aliphatic heterocycles. The molecule has 0 fully saturated rings. The first-order chi connectivity index (χ1) is 5.54. The molecule has 0 aromatic carbocycles. The molecule has 68 valence electrons. The van der Waals surface area contributed by atoms with Crippen molar-refractivity contribution in [2.24, 2.45) is 5.41 Å². The van der Waals surface area contributed by atoms with Crippen LogP contribution < -0.4 is 0 Å². The maximum atomic E-state index is 9.22. The van der Waals surface area contributed by atoms with Gasteiger partial charge in [0.2, 0.25) is 0 Å². The predicted octanol–water partition coefficient (Wildman–Crippen LogP) is 1.10. The third kappa shape index (κ3) is 3.51. The molecule has 0 saturated carbocycles. The van der Waals surface area contributed by atoms with Crippen LogP contribution in [0.2, 0.25) is 0 Å². The fourth-order valence-electron chi connectivity index (χ4n) is 0.659. The van der Waals surface area contributed by atoms with Crippen molar-refractivity contribution in [1.82, 2.24) is 0 Å². The van der Waals surface area contributed by atoms with Gasteiger partial charge in [0.05, 0.1) is 19.3 Å². The van der Waals surface area contributed by atoms with Gasteiger partial charge in [-0.15, -0.1) is 6.58 Å². The summed E-state index contributed by atoms with van der Waals surface area (Å²) in [5, 5.41) is 17.7. The molecule has 12 heavy (non-hydrogen) atoms. The fourth-order valence-corrected chi connectivity index (χ4v) is 0.659. The van der Waals surface area contributed by atoms with E-state index in [1.54, 1.807) is 26.0 Å². The highest BCUT2D eigenvalue weighted by Gasteiger charge is 2.27. The first-order valence-electron chi connectivity index (χ1n) is 3.81. The summed E-state index contributed by atoms with van der Waals surface area (Å²) in [6, 6.07) is 1.78. The second kappa shape index (κ2) is 4.91. The minimum Gasteiger partial charge on any atom is -0.377 e. The number of nitrogens with zero attached hydrogens (tertiary/aromatic N) is 1. The molecule has 1 atom stereocenters. The van der Waals surface area contributed by atoms with Gasteiger partial charge in [0, 0.05) is 5.41 Å². The smallest absolute Gasteiger partial charge is 0.147 e. The average molecular weight is 169 g/mol. The number of aliphatic hydroxyl groups is 1. The molecule has 0 amide bonds. The van der Waals surface area contributed by atoms with Gasteiger partial charge < -0.3 is 9.84 Å². The molecule has 0 heterocycles. The zero-order chi connectivity index (χ0) is 9.61. The summed E-state index contributed by atoms with van der Waals surface area (Å²) in [4.78, 5) is 0. The molecule has 0 aliphatic rings. The normalized spacial score (nSPS) is 13.5. The third-order valence-corrected chi connectivity index (χ3v) is 1.57. The zero-order valence-corrected chi connectivity index (χ0v) is 7.58. The van der Waals surface area contributed by atoms with Gasteiger partial charge in [-0.05, 0) is 0 Å². The molecule has 3 heteroatoms. The van der Waals surface area contributed by atoms with Crippen LogP contribution in [0.1, 0.15) is 13.8 Å². The Labute approximate surface area is 73.3 Å². The monoisotopic (exact) mass is 169 g/mol. The highest BCUT2D eigenvalue weighted by atomic mass is 16.5. The molecule has 1 unspecified atom stereocenters. The van der Waals surface area contributed by atoms with Crippen molar-refractivity contribution in [1.29, 1.82) is 5.26 Å². The quantitative estimate of drug-likeness (QED) is 0.381. The van der Waals surface area contributed by atoms with E-state index in [1.807, 2.05) is 0 Å². The Hall–Kier alpha value is -0.850. The summed E-state index contributed by atoms with van der Waals surface area (Å²) in [7, 11) is 0. The topological polar surface area (TPSA) is 53.2 Å². The van der Waals surface area contributed by atoms with Crippen LogP contribution in [0.4, 0.5) is 0 Å². The van der Waals surface area contributed by atoms with Crippen LogP contribution in [0.3, 0.4) is 0 Å². The van der Waals surface area contributed by atoms with Crippen LogP contribution in [0.15, 0.2) is 12.7 Å². The predicted molar refractivity (Wildman–Crippen MR) is 46.4 cm³/mol. The van der Waals surface area contributed by atoms with Crippen LogP contribution in [0.25, 0.3) is 0 Å². The van der Waals surface area contributed by atoms with Gasteiger partial charge in [0.15, 0.2) is 0 Å². The molecule has 0 spiro atoms. The molecular formula is C9H15NO2. The number of ether oxygens (including phenoxy) is 1. The van der Waals surface area contributed by atoms with E-state index in [1.165, 1.54) is 0 Å². The van der Waals surface area contributed by atoms with Crippen molar-refractivity contribution in [2.45, 2.75) is 20.0 Å². The first kappa shape index (κ1) is 11.2. The molecule has 0 aromatic rings. The Morgan fingerprint density at radius 3 is 2.75 bits per heavy atom. The van der Waals surface area contributed by atoms with Crippen molar-refractivity contribution in [3.8, 4) is 6.07 Å². The molecule has 0 rings (SSSR count). The lowest BCUT2D eigenvalue weighted by molar-refractivity contribution is 0.0102. The molecule has 0 aliphatic carbocycles. The van der Waals surface area contributed by atoms with Crippen molar-refractivity contribution in [3.63, 3.8) is 0 Å². The van der Waals surface area contributed by atoms with Crippen LogP contribution >= 0.6 is 0 Å². The minimum atomic E-state index is -0.984. The summed E-state index contributed by atoms with van der Waals surface area (Å²) in [6.07, 6.45) is 0.650. The van der Waals surface area contributed by atoms with E-state index in [4.69, 9.17) is 10.00 Å². The highest BCUT2D eigenvalue weighted by Crippen LogP contribution is 2.20. The zero-order valence-electron chi connectivity index (χ0n) is 7.58. The lowest BCUT2D eigenvalue weighted by Crippen LogP contribution is -2.32. The van der Waals surface area contributed by atoms with E-state index in [0.717, 1.165) is 0 Å². The average Bonchev–Trinajstić information content (AvgIpc) is 2.03. The van der Waals surface area contributed by atoms with E-state index < -0.39 is 11.5 Å². The van der Waals surface area contributed by atoms with Gasteiger partial charge in [-0.3, -0.25) is 0 Å². The number of hydrogen-bond donors (Lipinski definition) is 1. The summed E-state index contributed by atoms with van der Waals surface area (Å²) in [5.74, 6) is 0. The van der Waals surface area contributed by atoms with Gasteiger partial charge in [-0.2, -0.15) is 5.26 Å². The van der Waals surface area contributed by atoms with E-state index in [-0.39, 0.29) is 0 Å². The fraction of sp³-hybridized carbons (Fsp3) is 0.667. The summed E-state index contributed by atoms with van der Waals surface area (Å²) >= 11 is 0. The summed E-state index contributed by atoms with van der Waals surface area (Å²) in [5.41, 5.74) is -0.516. The summed E-state index contributed by atoms with van der Waals surface area (Å²) in [6.45, 7) is 7.86. The SMILES string of the molecule is C=CCOCC(C)(C)C(O)C#N. The van der Waals surface area contributed by atoms with Crippen molar-refractivity contribution >= 4 is 0 Å². The van der Waals surface area contributed by atoms with E-state index >= 15 is 0 Å². The molecule has 0 aromatic heterocycles. The maximum Gasteiger partial charge on any atom is 0.147 e. The highest BCUT2D eigenvalue weighted by molar-refractivity contribution is 4.93. The summed E-state index contributed by atoms with van der Waals surface area (Å²) < 4.78 is 5.14. The molecule has 1 N–H and O–H groups in total. The second-order valence-corrected chi connectivity index (χ2v) is 3.32. The van der Waals surface area contributed by atoms with Crippen LogP contribution in [-0.2, 0) is 4.74 Å². The van der Waals surface area contributed by atoms with Crippen LogP contribution in [0, 0.1) is 16.7 Å². The van der Waals surface area contributed by atoms with Crippen LogP contribution in [-0.4, -0.2) is 24.4 Å². The van der Waals surface area contributed by atoms with Crippen molar-refractivity contribution in [3.05, 3.63) is 12.7 Å². The van der Waals surface area contributed by atoms with Gasteiger partial charge >= 0.3 is 0 Å². The molecule has 0 radical (unpaired) electrons. The Morgan fingerprint density at radius 2 is 2.33 bits per heavy atom. The maximum absolute atomic E-state index is 9.22. The van der Waals surface area contributed by atoms with Gasteiger partial charge in [-0.25, -0.2) is 0 Å². The van der Waals surface area contributed by atoms with Gasteiger partial charge in [-0.1, -0.05) is 19.9 Å². The lowest BCUT2D eigenvalue weighted by Gasteiger charge is -2.25. The third-order valence-electron chi connectivity index (χ3n) is 1.57. The van der Waals surface area contributed by atoms with Gasteiger partial charge in [0.1, 0.15) is 6.10 Å². The van der Waals surface area contributed by atoms with E-state index in [0.29, 0.717) is 13.2 Å². The Bertz CT molecular complexity index is 181. The Balaban J connectivity index is 3.87. The molecular weight excluding hydrogens is 154 g/mol. The number of aliphatic hydroxyl groups excluding tert-OH is 1. The van der Waals surface area contributed by atoms with Crippen molar-refractivity contribution < 1.29 is 9.84 Å². The standard InChI is InChI=1S/C9H15NO2/c1-4-5-12-7-9(2,3)8(11)6-10/h4,8,11H,1,5,7H2,2-3H3. The van der Waals surface area contributed by atoms with Crippen LogP contribution in [0.5, 0.6) is 0 Å². The largest absolute Gasteiger partial charge is 0.377 e. The first-order valence-corrected chi connectivity index (χ1v) is 3.81. The van der Waals surface area contributed by atoms with E-state index in [9.17, 15) is 5.11 Å². The second-order valence-electron chi connectivity index (χ2n) is 3.32. The minimum absolute atomic E-state index is 0.355. The number of nitriles is 1. The number of hydrogen-bond acceptors (Lipinski definition) is 3. The Morgan fingerprint density at radius 1 is 1.75 bits per heavy atom. The molecule has 0 saturated heterocycles. The number of rotatable bonds is 5. The Kier molecular flexibility index (Phi) is 4.57. The molecule has 3 nitrogen and oxygen atoms in total. The van der Waals surface area contributed by atoms with E-state index in [2.05, 4.69) is 6.58 Å².